The Morgan fingerprint density at radius 2 is 1.78 bits per heavy atom. The van der Waals surface area contributed by atoms with Crippen molar-refractivity contribution in [1.29, 1.82) is 0 Å². The summed E-state index contributed by atoms with van der Waals surface area (Å²) in [6.07, 6.45) is 0. The van der Waals surface area contributed by atoms with E-state index < -0.39 is 12.6 Å². The summed E-state index contributed by atoms with van der Waals surface area (Å²) in [6.45, 7) is 3.35. The Morgan fingerprint density at radius 3 is 2.48 bits per heavy atom. The summed E-state index contributed by atoms with van der Waals surface area (Å²) < 4.78 is 7.06. The number of pyridine rings is 1. The van der Waals surface area contributed by atoms with Gasteiger partial charge in [-0.3, -0.25) is 4.79 Å². The molecule has 0 spiro atoms. The van der Waals surface area contributed by atoms with E-state index in [9.17, 15) is 9.59 Å². The maximum Gasteiger partial charge on any atom is 0.359 e. The van der Waals surface area contributed by atoms with Crippen LogP contribution in [0.5, 0.6) is 0 Å². The van der Waals surface area contributed by atoms with Gasteiger partial charge in [0.1, 0.15) is 5.15 Å². The second kappa shape index (κ2) is 7.94. The van der Waals surface area contributed by atoms with Gasteiger partial charge in [-0.15, -0.1) is 0 Å². The minimum Gasteiger partial charge on any atom is -0.453 e. The lowest BCUT2D eigenvalue weighted by atomic mass is 10.1. The van der Waals surface area contributed by atoms with Crippen LogP contribution in [0, 0.1) is 13.8 Å². The third-order valence-corrected chi connectivity index (χ3v) is 4.60. The maximum absolute atomic E-state index is 12.6. The Balaban J connectivity index is 1.77. The number of carbonyl (C=O) groups is 2. The molecule has 0 fully saturated rings. The number of aromatic nitrogens is 2. The van der Waals surface area contributed by atoms with Crippen LogP contribution in [0.4, 0.5) is 0 Å². The molecule has 138 valence electrons. The number of nitrogens with zero attached hydrogens (tertiary/aromatic N) is 2. The molecule has 0 aliphatic rings. The number of halogens is 2. The summed E-state index contributed by atoms with van der Waals surface area (Å²) >= 11 is 11.7. The molecule has 0 aliphatic heterocycles. The van der Waals surface area contributed by atoms with Gasteiger partial charge in [0.25, 0.3) is 0 Å². The number of benzene rings is 1. The number of ketones is 1. The van der Waals surface area contributed by atoms with Gasteiger partial charge in [0.05, 0.1) is 5.02 Å². The van der Waals surface area contributed by atoms with Crippen molar-refractivity contribution < 1.29 is 14.3 Å². The number of hydrogen-bond donors (Lipinski definition) is 0. The number of rotatable bonds is 5. The van der Waals surface area contributed by atoms with E-state index in [4.69, 9.17) is 27.9 Å². The van der Waals surface area contributed by atoms with Crippen LogP contribution < -0.4 is 0 Å². The zero-order chi connectivity index (χ0) is 19.6. The SMILES string of the molecule is Cc1cc(C(=O)COC(=O)c2nc(Cl)ccc2Cl)c(C)n1-c1ccccc1. The quantitative estimate of drug-likeness (QED) is 0.348. The fourth-order valence-corrected chi connectivity index (χ4v) is 3.19. The van der Waals surface area contributed by atoms with E-state index in [2.05, 4.69) is 4.98 Å². The minimum atomic E-state index is -0.798. The first-order valence-corrected chi connectivity index (χ1v) is 8.91. The van der Waals surface area contributed by atoms with Gasteiger partial charge in [-0.2, -0.15) is 0 Å². The molecule has 1 aromatic carbocycles. The molecule has 7 heteroatoms. The van der Waals surface area contributed by atoms with Gasteiger partial charge in [0, 0.05) is 22.6 Å². The molecule has 0 saturated carbocycles. The number of aryl methyl sites for hydroxylation is 1. The van der Waals surface area contributed by atoms with Crippen molar-refractivity contribution in [2.24, 2.45) is 0 Å². The highest BCUT2D eigenvalue weighted by atomic mass is 35.5. The third kappa shape index (κ3) is 4.04. The van der Waals surface area contributed by atoms with Crippen LogP contribution in [0.2, 0.25) is 10.2 Å². The summed E-state index contributed by atoms with van der Waals surface area (Å²) in [5, 5.41) is 0.225. The average molecular weight is 403 g/mol. The normalized spacial score (nSPS) is 10.7. The van der Waals surface area contributed by atoms with Gasteiger partial charge >= 0.3 is 5.97 Å². The van der Waals surface area contributed by atoms with Crippen LogP contribution in [0.1, 0.15) is 32.2 Å². The second-order valence-electron chi connectivity index (χ2n) is 5.92. The second-order valence-corrected chi connectivity index (χ2v) is 6.71. The van der Waals surface area contributed by atoms with Crippen molar-refractivity contribution in [2.75, 3.05) is 6.61 Å². The summed E-state index contributed by atoms with van der Waals surface area (Å²) in [5.41, 5.74) is 3.02. The van der Waals surface area contributed by atoms with E-state index in [1.807, 2.05) is 48.7 Å². The maximum atomic E-state index is 12.6. The van der Waals surface area contributed by atoms with E-state index >= 15 is 0 Å². The molecular weight excluding hydrogens is 387 g/mol. The summed E-state index contributed by atoms with van der Waals surface area (Å²) in [6, 6.07) is 14.4. The predicted molar refractivity (Wildman–Crippen MR) is 104 cm³/mol. The van der Waals surface area contributed by atoms with Gasteiger partial charge in [-0.25, -0.2) is 9.78 Å². The first kappa shape index (κ1) is 19.1. The fourth-order valence-electron chi connectivity index (χ4n) is 2.86. The van der Waals surface area contributed by atoms with E-state index in [-0.39, 0.29) is 21.7 Å². The van der Waals surface area contributed by atoms with Crippen molar-refractivity contribution in [3.05, 3.63) is 81.4 Å². The van der Waals surface area contributed by atoms with E-state index in [0.29, 0.717) is 5.56 Å². The molecule has 3 aromatic rings. The molecule has 27 heavy (non-hydrogen) atoms. The molecule has 2 aromatic heterocycles. The molecule has 0 aliphatic carbocycles. The highest BCUT2D eigenvalue weighted by Crippen LogP contribution is 2.22. The lowest BCUT2D eigenvalue weighted by Crippen LogP contribution is -2.16. The van der Waals surface area contributed by atoms with Crippen LogP contribution >= 0.6 is 23.2 Å². The molecule has 0 radical (unpaired) electrons. The summed E-state index contributed by atoms with van der Waals surface area (Å²) in [4.78, 5) is 28.6. The van der Waals surface area contributed by atoms with Gasteiger partial charge in [-0.05, 0) is 44.2 Å². The number of carbonyl (C=O) groups excluding carboxylic acids is 2. The van der Waals surface area contributed by atoms with Crippen LogP contribution in [0.15, 0.2) is 48.5 Å². The van der Waals surface area contributed by atoms with Gasteiger partial charge < -0.3 is 9.30 Å². The van der Waals surface area contributed by atoms with Gasteiger partial charge in [0.2, 0.25) is 5.78 Å². The standard InChI is InChI=1S/C20H16Cl2N2O3/c1-12-10-15(13(2)24(12)14-6-4-3-5-7-14)17(25)11-27-20(26)19-16(21)8-9-18(22)23-19/h3-10H,11H2,1-2H3. The Labute approximate surface area is 166 Å². The topological polar surface area (TPSA) is 61.2 Å². The Hall–Kier alpha value is -2.63. The monoisotopic (exact) mass is 402 g/mol. The molecule has 0 unspecified atom stereocenters. The lowest BCUT2D eigenvalue weighted by Gasteiger charge is -2.09. The zero-order valence-corrected chi connectivity index (χ0v) is 16.2. The number of Topliss-reactive ketones (excluding diaryl/α,β-unsaturated/α-hetero) is 1. The average Bonchev–Trinajstić information content (AvgIpc) is 2.96. The van der Waals surface area contributed by atoms with Crippen molar-refractivity contribution in [2.45, 2.75) is 13.8 Å². The van der Waals surface area contributed by atoms with E-state index in [1.165, 1.54) is 12.1 Å². The highest BCUT2D eigenvalue weighted by molar-refractivity contribution is 6.34. The van der Waals surface area contributed by atoms with Crippen LogP contribution in [0.25, 0.3) is 5.69 Å². The van der Waals surface area contributed by atoms with Crippen LogP contribution in [0.3, 0.4) is 0 Å². The Bertz CT molecular complexity index is 1010. The van der Waals surface area contributed by atoms with Crippen molar-refractivity contribution >= 4 is 35.0 Å². The molecule has 3 rings (SSSR count). The highest BCUT2D eigenvalue weighted by Gasteiger charge is 2.20. The zero-order valence-electron chi connectivity index (χ0n) is 14.7. The smallest absolute Gasteiger partial charge is 0.359 e. The number of para-hydroxylation sites is 1. The first-order valence-electron chi connectivity index (χ1n) is 8.15. The van der Waals surface area contributed by atoms with Gasteiger partial charge in [0.15, 0.2) is 12.3 Å². The van der Waals surface area contributed by atoms with Crippen molar-refractivity contribution in [1.82, 2.24) is 9.55 Å². The lowest BCUT2D eigenvalue weighted by molar-refractivity contribution is 0.0469. The Morgan fingerprint density at radius 1 is 1.07 bits per heavy atom. The van der Waals surface area contributed by atoms with Crippen LogP contribution in [-0.4, -0.2) is 27.9 Å². The predicted octanol–water partition coefficient (Wildman–Crippen LogP) is 4.84. The molecule has 0 atom stereocenters. The van der Waals surface area contributed by atoms with Crippen molar-refractivity contribution in [3.63, 3.8) is 0 Å². The number of ether oxygens (including phenoxy) is 1. The van der Waals surface area contributed by atoms with Crippen LogP contribution in [-0.2, 0) is 4.74 Å². The summed E-state index contributed by atoms with van der Waals surface area (Å²) in [5.74, 6) is -1.11. The van der Waals surface area contributed by atoms with E-state index in [1.54, 1.807) is 6.07 Å². The fraction of sp³-hybridized carbons (Fsp3) is 0.150. The first-order chi connectivity index (χ1) is 12.9. The van der Waals surface area contributed by atoms with Crippen molar-refractivity contribution in [3.8, 4) is 5.69 Å². The molecule has 0 bridgehead atoms. The minimum absolute atomic E-state index is 0.110. The Kier molecular flexibility index (Phi) is 5.63. The molecular formula is C20H16Cl2N2O3. The molecule has 0 amide bonds. The molecule has 0 N–H and O–H groups in total. The molecule has 2 heterocycles. The number of esters is 1. The largest absolute Gasteiger partial charge is 0.453 e. The molecule has 5 nitrogen and oxygen atoms in total. The summed E-state index contributed by atoms with van der Waals surface area (Å²) in [7, 11) is 0. The third-order valence-electron chi connectivity index (χ3n) is 4.09. The number of hydrogen-bond acceptors (Lipinski definition) is 4. The van der Waals surface area contributed by atoms with E-state index in [0.717, 1.165) is 17.1 Å². The van der Waals surface area contributed by atoms with Gasteiger partial charge in [-0.1, -0.05) is 41.4 Å². The molecule has 0 saturated heterocycles.